The Balaban J connectivity index is 2.27. The lowest BCUT2D eigenvalue weighted by Gasteiger charge is -2.18. The minimum absolute atomic E-state index is 0.0508. The van der Waals surface area contributed by atoms with Crippen molar-refractivity contribution < 1.29 is 19.0 Å². The van der Waals surface area contributed by atoms with Crippen molar-refractivity contribution in [2.75, 3.05) is 33.9 Å². The molecule has 0 radical (unpaired) electrons. The minimum atomic E-state index is -0.174. The van der Waals surface area contributed by atoms with Gasteiger partial charge in [-0.25, -0.2) is 0 Å². The zero-order valence-electron chi connectivity index (χ0n) is 15.5. The number of esters is 1. The van der Waals surface area contributed by atoms with Crippen LogP contribution in [0, 0.1) is 0 Å². The number of nitrogens with one attached hydrogen (secondary N) is 2. The molecular weight excluding hydrogens is 322 g/mol. The zero-order valence-corrected chi connectivity index (χ0v) is 15.5. The highest BCUT2D eigenvalue weighted by molar-refractivity contribution is 5.79. The standard InChI is InChI=1S/C18H29N3O4/c1-5-24-17(22)10-7-11-20-18(19-3)21-13-14(2)25-16-9-6-8-15(12-16)23-4/h6,8-9,12,14H,5,7,10-11,13H2,1-4H3,(H2,19,20,21). The van der Waals surface area contributed by atoms with Gasteiger partial charge in [-0.3, -0.25) is 9.79 Å². The molecule has 25 heavy (non-hydrogen) atoms. The fourth-order valence-corrected chi connectivity index (χ4v) is 2.08. The second-order valence-corrected chi connectivity index (χ2v) is 5.40. The summed E-state index contributed by atoms with van der Waals surface area (Å²) >= 11 is 0. The summed E-state index contributed by atoms with van der Waals surface area (Å²) < 4.78 is 15.9. The summed E-state index contributed by atoms with van der Waals surface area (Å²) in [5, 5.41) is 6.36. The Kier molecular flexibility index (Phi) is 9.89. The van der Waals surface area contributed by atoms with E-state index in [1.165, 1.54) is 0 Å². The van der Waals surface area contributed by atoms with Crippen LogP contribution in [0.5, 0.6) is 11.5 Å². The maximum atomic E-state index is 11.3. The molecule has 0 heterocycles. The molecular formula is C18H29N3O4. The Hall–Kier alpha value is -2.44. The van der Waals surface area contributed by atoms with E-state index in [0.717, 1.165) is 11.5 Å². The first-order chi connectivity index (χ1) is 12.1. The number of hydrogen-bond acceptors (Lipinski definition) is 5. The molecule has 0 spiro atoms. The van der Waals surface area contributed by atoms with Crippen LogP contribution in [0.15, 0.2) is 29.3 Å². The van der Waals surface area contributed by atoms with E-state index < -0.39 is 0 Å². The molecule has 140 valence electrons. The molecule has 2 N–H and O–H groups in total. The van der Waals surface area contributed by atoms with Crippen molar-refractivity contribution in [1.82, 2.24) is 10.6 Å². The molecule has 7 nitrogen and oxygen atoms in total. The van der Waals surface area contributed by atoms with Crippen molar-refractivity contribution in [2.45, 2.75) is 32.8 Å². The van der Waals surface area contributed by atoms with Crippen molar-refractivity contribution in [3.05, 3.63) is 24.3 Å². The first kappa shape index (κ1) is 20.6. The third kappa shape index (κ3) is 8.83. The number of hydrogen-bond donors (Lipinski definition) is 2. The van der Waals surface area contributed by atoms with Crippen molar-refractivity contribution in [3.8, 4) is 11.5 Å². The van der Waals surface area contributed by atoms with Gasteiger partial charge in [-0.05, 0) is 32.4 Å². The van der Waals surface area contributed by atoms with Gasteiger partial charge in [0.25, 0.3) is 0 Å². The normalized spacial score (nSPS) is 12.2. The fourth-order valence-electron chi connectivity index (χ4n) is 2.08. The van der Waals surface area contributed by atoms with Crippen LogP contribution in [-0.4, -0.2) is 51.9 Å². The van der Waals surface area contributed by atoms with Crippen molar-refractivity contribution >= 4 is 11.9 Å². The van der Waals surface area contributed by atoms with E-state index in [4.69, 9.17) is 14.2 Å². The Labute approximate surface area is 149 Å². The topological polar surface area (TPSA) is 81.2 Å². The molecule has 1 aromatic carbocycles. The molecule has 0 aliphatic heterocycles. The zero-order chi connectivity index (χ0) is 18.5. The number of carbonyl (C=O) groups excluding carboxylic acids is 1. The van der Waals surface area contributed by atoms with E-state index in [-0.39, 0.29) is 12.1 Å². The van der Waals surface area contributed by atoms with E-state index >= 15 is 0 Å². The van der Waals surface area contributed by atoms with Gasteiger partial charge in [0.15, 0.2) is 5.96 Å². The quantitative estimate of drug-likeness (QED) is 0.290. The van der Waals surface area contributed by atoms with Gasteiger partial charge in [0.05, 0.1) is 20.3 Å². The Bertz CT molecular complexity index is 549. The molecule has 0 fully saturated rings. The lowest BCUT2D eigenvalue weighted by atomic mass is 10.3. The molecule has 0 aromatic heterocycles. The number of guanidine groups is 1. The van der Waals surface area contributed by atoms with E-state index in [2.05, 4.69) is 15.6 Å². The van der Waals surface area contributed by atoms with Gasteiger partial charge < -0.3 is 24.8 Å². The number of methoxy groups -OCH3 is 1. The number of aliphatic imine (C=N–C) groups is 1. The van der Waals surface area contributed by atoms with Crippen LogP contribution < -0.4 is 20.1 Å². The predicted molar refractivity (Wildman–Crippen MR) is 98.3 cm³/mol. The summed E-state index contributed by atoms with van der Waals surface area (Å²) in [5.74, 6) is 2.01. The molecule has 0 bridgehead atoms. The Morgan fingerprint density at radius 1 is 1.28 bits per heavy atom. The second-order valence-electron chi connectivity index (χ2n) is 5.40. The van der Waals surface area contributed by atoms with E-state index in [0.29, 0.717) is 38.5 Å². The van der Waals surface area contributed by atoms with Crippen LogP contribution in [0.2, 0.25) is 0 Å². The Morgan fingerprint density at radius 3 is 2.72 bits per heavy atom. The predicted octanol–water partition coefficient (Wildman–Crippen LogP) is 1.97. The first-order valence-corrected chi connectivity index (χ1v) is 8.49. The van der Waals surface area contributed by atoms with Gasteiger partial charge in [-0.15, -0.1) is 0 Å². The SMILES string of the molecule is CCOC(=O)CCCNC(=NC)NCC(C)Oc1cccc(OC)c1. The van der Waals surface area contributed by atoms with Crippen LogP contribution in [0.4, 0.5) is 0 Å². The molecule has 1 rings (SSSR count). The fraction of sp³-hybridized carbons (Fsp3) is 0.556. The number of nitrogens with zero attached hydrogens (tertiary/aromatic N) is 1. The first-order valence-electron chi connectivity index (χ1n) is 8.49. The van der Waals surface area contributed by atoms with E-state index in [9.17, 15) is 4.79 Å². The second kappa shape index (κ2) is 12.0. The van der Waals surface area contributed by atoms with Gasteiger partial charge in [0.2, 0.25) is 0 Å². The highest BCUT2D eigenvalue weighted by Crippen LogP contribution is 2.19. The van der Waals surface area contributed by atoms with Crippen LogP contribution in [0.1, 0.15) is 26.7 Å². The summed E-state index contributed by atoms with van der Waals surface area (Å²) in [6.45, 7) is 5.43. The maximum absolute atomic E-state index is 11.3. The molecule has 0 aliphatic rings. The van der Waals surface area contributed by atoms with Gasteiger partial charge in [-0.2, -0.15) is 0 Å². The molecule has 1 aromatic rings. The number of ether oxygens (including phenoxy) is 3. The number of rotatable bonds is 10. The van der Waals surface area contributed by atoms with Gasteiger partial charge in [0.1, 0.15) is 17.6 Å². The van der Waals surface area contributed by atoms with Crippen molar-refractivity contribution in [3.63, 3.8) is 0 Å². The maximum Gasteiger partial charge on any atom is 0.305 e. The minimum Gasteiger partial charge on any atom is -0.497 e. The molecule has 0 amide bonds. The smallest absolute Gasteiger partial charge is 0.305 e. The summed E-state index contributed by atoms with van der Waals surface area (Å²) in [7, 11) is 3.33. The molecule has 0 aliphatic carbocycles. The molecule has 1 unspecified atom stereocenters. The summed E-state index contributed by atoms with van der Waals surface area (Å²) in [6.07, 6.45) is 1.04. The number of carbonyl (C=O) groups is 1. The lowest BCUT2D eigenvalue weighted by molar-refractivity contribution is -0.143. The van der Waals surface area contributed by atoms with Gasteiger partial charge in [-0.1, -0.05) is 6.07 Å². The third-order valence-corrected chi connectivity index (χ3v) is 3.31. The Morgan fingerprint density at radius 2 is 2.04 bits per heavy atom. The highest BCUT2D eigenvalue weighted by atomic mass is 16.5. The summed E-state index contributed by atoms with van der Waals surface area (Å²) in [6, 6.07) is 7.50. The van der Waals surface area contributed by atoms with Crippen molar-refractivity contribution in [1.29, 1.82) is 0 Å². The molecule has 1 atom stereocenters. The average molecular weight is 351 g/mol. The molecule has 7 heteroatoms. The van der Waals surface area contributed by atoms with E-state index in [1.54, 1.807) is 21.1 Å². The van der Waals surface area contributed by atoms with Gasteiger partial charge >= 0.3 is 5.97 Å². The lowest BCUT2D eigenvalue weighted by Crippen LogP contribution is -2.42. The van der Waals surface area contributed by atoms with Crippen LogP contribution in [-0.2, 0) is 9.53 Å². The number of benzene rings is 1. The van der Waals surface area contributed by atoms with Crippen molar-refractivity contribution in [2.24, 2.45) is 4.99 Å². The summed E-state index contributed by atoms with van der Waals surface area (Å²) in [5.41, 5.74) is 0. The van der Waals surface area contributed by atoms with Crippen LogP contribution in [0.25, 0.3) is 0 Å². The average Bonchev–Trinajstić information content (AvgIpc) is 2.61. The van der Waals surface area contributed by atoms with Gasteiger partial charge in [0, 0.05) is 26.1 Å². The van der Waals surface area contributed by atoms with Crippen LogP contribution in [0.3, 0.4) is 0 Å². The highest BCUT2D eigenvalue weighted by Gasteiger charge is 2.07. The van der Waals surface area contributed by atoms with E-state index in [1.807, 2.05) is 31.2 Å². The third-order valence-electron chi connectivity index (χ3n) is 3.31. The van der Waals surface area contributed by atoms with Crippen LogP contribution >= 0.6 is 0 Å². The largest absolute Gasteiger partial charge is 0.497 e. The summed E-state index contributed by atoms with van der Waals surface area (Å²) in [4.78, 5) is 15.4. The molecule has 0 saturated carbocycles. The monoisotopic (exact) mass is 351 g/mol. The molecule has 0 saturated heterocycles.